The molecule has 0 aromatic heterocycles. The first kappa shape index (κ1) is 14.0. The second-order valence-corrected chi connectivity index (χ2v) is 5.43. The fourth-order valence-electron chi connectivity index (χ4n) is 2.69. The standard InChI is InChI=1S/C15H18F2O2/c16-15(17)10-8-14(9-11-15,13(18)19)7-6-12-4-2-1-3-5-12/h1-5H,6-11H2,(H,18,19). The van der Waals surface area contributed by atoms with Crippen LogP contribution in [0, 0.1) is 5.41 Å². The SMILES string of the molecule is O=C(O)C1(CCc2ccccc2)CCC(F)(F)CC1. The molecule has 1 aromatic rings. The lowest BCUT2D eigenvalue weighted by Gasteiger charge is -2.36. The van der Waals surface area contributed by atoms with E-state index < -0.39 is 17.3 Å². The minimum Gasteiger partial charge on any atom is -0.481 e. The number of carbonyl (C=O) groups is 1. The maximum Gasteiger partial charge on any atom is 0.309 e. The van der Waals surface area contributed by atoms with Crippen molar-refractivity contribution in [3.63, 3.8) is 0 Å². The Balaban J connectivity index is 2.03. The Morgan fingerprint density at radius 1 is 1.11 bits per heavy atom. The lowest BCUT2D eigenvalue weighted by atomic mass is 9.69. The lowest BCUT2D eigenvalue weighted by Crippen LogP contribution is -2.39. The third kappa shape index (κ3) is 3.31. The third-order valence-electron chi connectivity index (χ3n) is 4.13. The molecule has 1 aliphatic carbocycles. The van der Waals surface area contributed by atoms with Gasteiger partial charge in [-0.05, 0) is 31.2 Å². The molecule has 1 aliphatic rings. The molecule has 0 bridgehead atoms. The number of aryl methyl sites for hydroxylation is 1. The number of rotatable bonds is 4. The number of carboxylic acid groups (broad SMARTS) is 1. The van der Waals surface area contributed by atoms with E-state index in [9.17, 15) is 18.7 Å². The molecule has 1 fully saturated rings. The first-order valence-corrected chi connectivity index (χ1v) is 6.59. The number of halogens is 2. The van der Waals surface area contributed by atoms with E-state index in [1.54, 1.807) is 0 Å². The Morgan fingerprint density at radius 3 is 2.21 bits per heavy atom. The van der Waals surface area contributed by atoms with E-state index in [4.69, 9.17) is 0 Å². The molecule has 0 unspecified atom stereocenters. The second kappa shape index (κ2) is 5.27. The first-order valence-electron chi connectivity index (χ1n) is 6.59. The molecule has 2 nitrogen and oxygen atoms in total. The quantitative estimate of drug-likeness (QED) is 0.899. The van der Waals surface area contributed by atoms with E-state index in [0.29, 0.717) is 12.8 Å². The predicted octanol–water partition coefficient (Wildman–Crippen LogP) is 3.90. The molecular formula is C15H18F2O2. The van der Waals surface area contributed by atoms with Crippen LogP contribution in [0.4, 0.5) is 8.78 Å². The molecule has 0 atom stereocenters. The summed E-state index contributed by atoms with van der Waals surface area (Å²) in [4.78, 5) is 11.5. The lowest BCUT2D eigenvalue weighted by molar-refractivity contribution is -0.157. The molecule has 19 heavy (non-hydrogen) atoms. The van der Waals surface area contributed by atoms with Gasteiger partial charge >= 0.3 is 5.97 Å². The van der Waals surface area contributed by atoms with Crippen LogP contribution in [-0.4, -0.2) is 17.0 Å². The largest absolute Gasteiger partial charge is 0.481 e. The number of carboxylic acids is 1. The zero-order chi connectivity index (χ0) is 13.9. The van der Waals surface area contributed by atoms with Crippen molar-refractivity contribution < 1.29 is 18.7 Å². The number of aliphatic carboxylic acids is 1. The maximum atomic E-state index is 13.2. The van der Waals surface area contributed by atoms with Crippen molar-refractivity contribution >= 4 is 5.97 Å². The van der Waals surface area contributed by atoms with E-state index in [2.05, 4.69) is 0 Å². The van der Waals surface area contributed by atoms with Crippen LogP contribution in [0.3, 0.4) is 0 Å². The van der Waals surface area contributed by atoms with Gasteiger partial charge in [0, 0.05) is 12.8 Å². The predicted molar refractivity (Wildman–Crippen MR) is 68.2 cm³/mol. The molecule has 1 N–H and O–H groups in total. The summed E-state index contributed by atoms with van der Waals surface area (Å²) in [6.07, 6.45) is 0.577. The van der Waals surface area contributed by atoms with E-state index >= 15 is 0 Å². The molecule has 1 saturated carbocycles. The summed E-state index contributed by atoms with van der Waals surface area (Å²) in [5, 5.41) is 9.39. The van der Waals surface area contributed by atoms with Gasteiger partial charge in [-0.1, -0.05) is 30.3 Å². The summed E-state index contributed by atoms with van der Waals surface area (Å²) in [7, 11) is 0. The minimum atomic E-state index is -2.69. The average molecular weight is 268 g/mol. The summed E-state index contributed by atoms with van der Waals surface area (Å²) >= 11 is 0. The highest BCUT2D eigenvalue weighted by atomic mass is 19.3. The highest BCUT2D eigenvalue weighted by Gasteiger charge is 2.47. The second-order valence-electron chi connectivity index (χ2n) is 5.43. The van der Waals surface area contributed by atoms with Crippen LogP contribution in [0.25, 0.3) is 0 Å². The fourth-order valence-corrected chi connectivity index (χ4v) is 2.69. The zero-order valence-corrected chi connectivity index (χ0v) is 10.7. The van der Waals surface area contributed by atoms with Gasteiger partial charge in [0.25, 0.3) is 0 Å². The van der Waals surface area contributed by atoms with E-state index in [-0.39, 0.29) is 25.7 Å². The van der Waals surface area contributed by atoms with Crippen molar-refractivity contribution in [3.8, 4) is 0 Å². The number of hydrogen-bond acceptors (Lipinski definition) is 1. The van der Waals surface area contributed by atoms with Crippen molar-refractivity contribution in [3.05, 3.63) is 35.9 Å². The van der Waals surface area contributed by atoms with Gasteiger partial charge in [0.1, 0.15) is 0 Å². The van der Waals surface area contributed by atoms with Crippen molar-refractivity contribution in [2.45, 2.75) is 44.4 Å². The molecule has 1 aromatic carbocycles. The number of benzene rings is 1. The highest BCUT2D eigenvalue weighted by molar-refractivity contribution is 5.74. The van der Waals surface area contributed by atoms with Crippen molar-refractivity contribution in [2.75, 3.05) is 0 Å². The van der Waals surface area contributed by atoms with Gasteiger partial charge in [0.05, 0.1) is 5.41 Å². The van der Waals surface area contributed by atoms with Crippen LogP contribution in [0.15, 0.2) is 30.3 Å². The average Bonchev–Trinajstić information content (AvgIpc) is 2.39. The van der Waals surface area contributed by atoms with Gasteiger partial charge < -0.3 is 5.11 Å². The van der Waals surface area contributed by atoms with Crippen molar-refractivity contribution in [1.82, 2.24) is 0 Å². The molecule has 0 amide bonds. The molecule has 2 rings (SSSR count). The number of hydrogen-bond donors (Lipinski definition) is 1. The van der Waals surface area contributed by atoms with Crippen LogP contribution in [-0.2, 0) is 11.2 Å². The van der Waals surface area contributed by atoms with Gasteiger partial charge in [-0.15, -0.1) is 0 Å². The van der Waals surface area contributed by atoms with Gasteiger partial charge in [0.2, 0.25) is 5.92 Å². The summed E-state index contributed by atoms with van der Waals surface area (Å²) < 4.78 is 26.4. The van der Waals surface area contributed by atoms with Gasteiger partial charge in [0.15, 0.2) is 0 Å². The minimum absolute atomic E-state index is 0.0716. The molecule has 0 spiro atoms. The monoisotopic (exact) mass is 268 g/mol. The van der Waals surface area contributed by atoms with Gasteiger partial charge in [-0.3, -0.25) is 4.79 Å². The van der Waals surface area contributed by atoms with E-state index in [1.165, 1.54) is 0 Å². The molecule has 0 radical (unpaired) electrons. The Bertz CT molecular complexity index is 433. The Hall–Kier alpha value is -1.45. The van der Waals surface area contributed by atoms with Crippen molar-refractivity contribution in [1.29, 1.82) is 0 Å². The summed E-state index contributed by atoms with van der Waals surface area (Å²) in [6.45, 7) is 0. The molecular weight excluding hydrogens is 250 g/mol. The van der Waals surface area contributed by atoms with Crippen LogP contribution < -0.4 is 0 Å². The Labute approximate surface area is 111 Å². The fraction of sp³-hybridized carbons (Fsp3) is 0.533. The summed E-state index contributed by atoms with van der Waals surface area (Å²) in [5.74, 6) is -3.62. The van der Waals surface area contributed by atoms with Crippen LogP contribution in [0.5, 0.6) is 0 Å². The molecule has 0 saturated heterocycles. The zero-order valence-electron chi connectivity index (χ0n) is 10.7. The smallest absolute Gasteiger partial charge is 0.309 e. The maximum absolute atomic E-state index is 13.2. The normalized spacial score (nSPS) is 20.9. The Kier molecular flexibility index (Phi) is 3.88. The number of alkyl halides is 2. The van der Waals surface area contributed by atoms with Crippen molar-refractivity contribution in [2.24, 2.45) is 5.41 Å². The molecule has 4 heteroatoms. The van der Waals surface area contributed by atoms with Gasteiger partial charge in [-0.2, -0.15) is 0 Å². The van der Waals surface area contributed by atoms with Crippen LogP contribution >= 0.6 is 0 Å². The highest BCUT2D eigenvalue weighted by Crippen LogP contribution is 2.46. The molecule has 0 aliphatic heterocycles. The van der Waals surface area contributed by atoms with Crippen LogP contribution in [0.2, 0.25) is 0 Å². The Morgan fingerprint density at radius 2 is 1.68 bits per heavy atom. The van der Waals surface area contributed by atoms with Gasteiger partial charge in [-0.25, -0.2) is 8.78 Å². The topological polar surface area (TPSA) is 37.3 Å². The van der Waals surface area contributed by atoms with E-state index in [0.717, 1.165) is 5.56 Å². The summed E-state index contributed by atoms with van der Waals surface area (Å²) in [5.41, 5.74) is 0.0813. The van der Waals surface area contributed by atoms with Crippen LogP contribution in [0.1, 0.15) is 37.7 Å². The summed E-state index contributed by atoms with van der Waals surface area (Å²) in [6, 6.07) is 9.58. The molecule has 0 heterocycles. The van der Waals surface area contributed by atoms with E-state index in [1.807, 2.05) is 30.3 Å². The first-order chi connectivity index (χ1) is 8.94. The molecule has 104 valence electrons. The third-order valence-corrected chi connectivity index (χ3v) is 4.13.